The molecule has 0 atom stereocenters. The highest BCUT2D eigenvalue weighted by molar-refractivity contribution is 6.30. The second-order valence-corrected chi connectivity index (χ2v) is 11.8. The molecule has 8 rings (SSSR count). The summed E-state index contributed by atoms with van der Waals surface area (Å²) < 4.78 is 0. The standard InChI is InChI=1S/C37H29N5O4/c43-34-28-8-3-6-26-24-10-14-39-20-22(24)18-30(32(26)28)36(45)41(34)16-2-1-12-38-13-5-17-42-35(44)29-9-4-7-27-25-11-15-40-21-23(25)19-31(33(27)29)37(42)46/h3-4,6-11,14-15,18-21,38H,1-2,5,12-13,16-17H2. The Morgan fingerprint density at radius 3 is 1.54 bits per heavy atom. The summed E-state index contributed by atoms with van der Waals surface area (Å²) in [5, 5.41) is 10.2. The number of hydrogen-bond acceptors (Lipinski definition) is 7. The summed E-state index contributed by atoms with van der Waals surface area (Å²) in [7, 11) is 0. The van der Waals surface area contributed by atoms with Crippen LogP contribution in [0.15, 0.2) is 85.5 Å². The highest BCUT2D eigenvalue weighted by Gasteiger charge is 2.34. The normalized spacial score (nSPS) is 14.4. The molecule has 4 amide bonds. The van der Waals surface area contributed by atoms with Gasteiger partial charge in [0, 0.05) is 81.7 Å². The first-order valence-electron chi connectivity index (χ1n) is 15.5. The van der Waals surface area contributed by atoms with Gasteiger partial charge in [-0.2, -0.15) is 0 Å². The largest absolute Gasteiger partial charge is 0.317 e. The number of nitrogens with one attached hydrogen (secondary N) is 1. The minimum atomic E-state index is -0.281. The van der Waals surface area contributed by atoms with E-state index in [-0.39, 0.29) is 23.6 Å². The third-order valence-electron chi connectivity index (χ3n) is 9.17. The molecule has 6 aromatic rings. The van der Waals surface area contributed by atoms with E-state index in [4.69, 9.17) is 0 Å². The fourth-order valence-corrected chi connectivity index (χ4v) is 7.00. The van der Waals surface area contributed by atoms with Crippen LogP contribution < -0.4 is 5.32 Å². The Balaban J connectivity index is 0.866. The summed E-state index contributed by atoms with van der Waals surface area (Å²) in [6, 6.07) is 18.7. The van der Waals surface area contributed by atoms with Crippen LogP contribution in [-0.4, -0.2) is 69.6 Å². The van der Waals surface area contributed by atoms with Crippen LogP contribution in [0.2, 0.25) is 0 Å². The van der Waals surface area contributed by atoms with Gasteiger partial charge in [0.2, 0.25) is 0 Å². The Hall–Kier alpha value is -5.54. The van der Waals surface area contributed by atoms with E-state index in [1.165, 1.54) is 9.80 Å². The van der Waals surface area contributed by atoms with Gasteiger partial charge in [-0.15, -0.1) is 0 Å². The number of hydrogen-bond donors (Lipinski definition) is 1. The lowest BCUT2D eigenvalue weighted by Gasteiger charge is -2.28. The van der Waals surface area contributed by atoms with Gasteiger partial charge >= 0.3 is 0 Å². The molecule has 46 heavy (non-hydrogen) atoms. The van der Waals surface area contributed by atoms with Crippen molar-refractivity contribution in [3.8, 4) is 0 Å². The first-order valence-corrected chi connectivity index (χ1v) is 15.5. The predicted molar refractivity (Wildman–Crippen MR) is 176 cm³/mol. The van der Waals surface area contributed by atoms with Crippen LogP contribution in [0.25, 0.3) is 43.1 Å². The second kappa shape index (κ2) is 11.1. The van der Waals surface area contributed by atoms with Crippen LogP contribution in [-0.2, 0) is 0 Å². The van der Waals surface area contributed by atoms with Crippen molar-refractivity contribution in [3.05, 3.63) is 108 Å². The van der Waals surface area contributed by atoms with Crippen molar-refractivity contribution in [2.45, 2.75) is 19.3 Å². The zero-order valence-electron chi connectivity index (χ0n) is 25.0. The maximum Gasteiger partial charge on any atom is 0.261 e. The quantitative estimate of drug-likeness (QED) is 0.127. The molecule has 0 saturated heterocycles. The summed E-state index contributed by atoms with van der Waals surface area (Å²) in [6.07, 6.45) is 8.93. The number of amides is 4. The number of nitrogens with zero attached hydrogens (tertiary/aromatic N) is 4. The van der Waals surface area contributed by atoms with Crippen LogP contribution in [0.1, 0.15) is 60.7 Å². The molecule has 0 saturated carbocycles. The highest BCUT2D eigenvalue weighted by atomic mass is 16.2. The fourth-order valence-electron chi connectivity index (χ4n) is 7.00. The molecule has 1 N–H and O–H groups in total. The number of carbonyl (C=O) groups is 4. The van der Waals surface area contributed by atoms with Gasteiger partial charge in [-0.1, -0.05) is 24.3 Å². The molecule has 0 fully saturated rings. The summed E-state index contributed by atoms with van der Waals surface area (Å²) in [5.41, 5.74) is 2.16. The monoisotopic (exact) mass is 607 g/mol. The van der Waals surface area contributed by atoms with Gasteiger partial charge in [0.25, 0.3) is 23.6 Å². The number of pyridine rings is 2. The molecule has 9 nitrogen and oxygen atoms in total. The van der Waals surface area contributed by atoms with E-state index in [1.54, 1.807) is 36.9 Å². The van der Waals surface area contributed by atoms with E-state index < -0.39 is 0 Å². The average molecular weight is 608 g/mol. The number of benzene rings is 4. The minimum absolute atomic E-state index is 0.262. The molecule has 2 aliphatic heterocycles. The van der Waals surface area contributed by atoms with Gasteiger partial charge in [-0.05, 0) is 90.3 Å². The van der Waals surface area contributed by atoms with E-state index in [0.29, 0.717) is 72.0 Å². The molecule has 4 aromatic carbocycles. The number of aromatic nitrogens is 2. The van der Waals surface area contributed by atoms with Crippen molar-refractivity contribution in [2.24, 2.45) is 0 Å². The molecule has 2 aromatic heterocycles. The fraction of sp³-hybridized carbons (Fsp3) is 0.189. The van der Waals surface area contributed by atoms with Crippen molar-refractivity contribution < 1.29 is 19.2 Å². The maximum atomic E-state index is 13.5. The number of rotatable bonds is 9. The van der Waals surface area contributed by atoms with Crippen molar-refractivity contribution in [1.29, 1.82) is 0 Å². The topological polar surface area (TPSA) is 113 Å². The minimum Gasteiger partial charge on any atom is -0.317 e. The molecule has 0 radical (unpaired) electrons. The van der Waals surface area contributed by atoms with E-state index in [0.717, 1.165) is 38.7 Å². The Morgan fingerprint density at radius 2 is 1.00 bits per heavy atom. The van der Waals surface area contributed by atoms with E-state index in [2.05, 4.69) is 15.3 Å². The smallest absolute Gasteiger partial charge is 0.261 e. The van der Waals surface area contributed by atoms with Gasteiger partial charge in [0.1, 0.15) is 0 Å². The van der Waals surface area contributed by atoms with Gasteiger partial charge < -0.3 is 5.32 Å². The third kappa shape index (κ3) is 4.34. The Bertz CT molecular complexity index is 2120. The summed E-state index contributed by atoms with van der Waals surface area (Å²) >= 11 is 0. The lowest BCUT2D eigenvalue weighted by atomic mass is 9.90. The molecule has 0 aliphatic carbocycles. The molecule has 0 bridgehead atoms. The molecular formula is C37H29N5O4. The number of imide groups is 2. The van der Waals surface area contributed by atoms with Crippen LogP contribution in [0, 0.1) is 0 Å². The lowest BCUT2D eigenvalue weighted by Crippen LogP contribution is -2.41. The number of fused-ring (bicyclic) bond motifs is 4. The van der Waals surface area contributed by atoms with E-state index in [1.807, 2.05) is 48.5 Å². The summed E-state index contributed by atoms with van der Waals surface area (Å²) in [4.78, 5) is 64.8. The summed E-state index contributed by atoms with van der Waals surface area (Å²) in [6.45, 7) is 1.93. The number of carbonyl (C=O) groups excluding carboxylic acids is 4. The maximum absolute atomic E-state index is 13.5. The predicted octanol–water partition coefficient (Wildman–Crippen LogP) is 5.74. The SMILES string of the molecule is O=C1c2cccc3c2c(cc2cnccc23)C(=O)N1CCCCNCCCN1C(=O)c2cccc3c2c(cc2cnccc23)C1=O. The van der Waals surface area contributed by atoms with E-state index in [9.17, 15) is 19.2 Å². The first-order chi connectivity index (χ1) is 22.5. The highest BCUT2D eigenvalue weighted by Crippen LogP contribution is 2.36. The van der Waals surface area contributed by atoms with Crippen molar-refractivity contribution in [2.75, 3.05) is 26.2 Å². The zero-order valence-corrected chi connectivity index (χ0v) is 25.0. The van der Waals surface area contributed by atoms with Crippen LogP contribution in [0.4, 0.5) is 0 Å². The Labute approximate surface area is 263 Å². The average Bonchev–Trinajstić information content (AvgIpc) is 3.09. The van der Waals surface area contributed by atoms with Crippen LogP contribution >= 0.6 is 0 Å². The van der Waals surface area contributed by atoms with Crippen molar-refractivity contribution >= 4 is 66.7 Å². The van der Waals surface area contributed by atoms with Gasteiger partial charge in [-0.3, -0.25) is 38.9 Å². The van der Waals surface area contributed by atoms with Gasteiger partial charge in [0.05, 0.1) is 0 Å². The Kier molecular flexibility index (Phi) is 6.76. The number of unbranched alkanes of at least 4 members (excludes halogenated alkanes) is 1. The molecule has 0 unspecified atom stereocenters. The second-order valence-electron chi connectivity index (χ2n) is 11.8. The third-order valence-corrected chi connectivity index (χ3v) is 9.17. The molecule has 0 spiro atoms. The molecular weight excluding hydrogens is 578 g/mol. The van der Waals surface area contributed by atoms with Gasteiger partial charge in [0.15, 0.2) is 0 Å². The van der Waals surface area contributed by atoms with Crippen molar-refractivity contribution in [3.63, 3.8) is 0 Å². The molecule has 2 aliphatic rings. The Morgan fingerprint density at radius 1 is 0.522 bits per heavy atom. The molecule has 4 heterocycles. The van der Waals surface area contributed by atoms with Gasteiger partial charge in [-0.25, -0.2) is 0 Å². The van der Waals surface area contributed by atoms with Crippen LogP contribution in [0.3, 0.4) is 0 Å². The zero-order chi connectivity index (χ0) is 31.4. The van der Waals surface area contributed by atoms with Crippen molar-refractivity contribution in [1.82, 2.24) is 25.1 Å². The summed E-state index contributed by atoms with van der Waals surface area (Å²) in [5.74, 6) is -1.09. The first kappa shape index (κ1) is 28.0. The lowest BCUT2D eigenvalue weighted by molar-refractivity contribution is 0.0591. The van der Waals surface area contributed by atoms with E-state index >= 15 is 0 Å². The van der Waals surface area contributed by atoms with Crippen LogP contribution in [0.5, 0.6) is 0 Å². The molecule has 9 heteroatoms. The molecule has 226 valence electrons.